The van der Waals surface area contributed by atoms with E-state index in [-0.39, 0.29) is 23.5 Å². The number of carbonyl (C=O) groups is 3. The van der Waals surface area contributed by atoms with Gasteiger partial charge in [0.25, 0.3) is 5.91 Å². The topological polar surface area (TPSA) is 79.0 Å². The lowest BCUT2D eigenvalue weighted by atomic mass is 10.1. The van der Waals surface area contributed by atoms with Gasteiger partial charge < -0.3 is 15.0 Å². The number of nitrogens with zero attached hydrogens (tertiary/aromatic N) is 2. The molecule has 2 amide bonds. The van der Waals surface area contributed by atoms with Gasteiger partial charge in [-0.3, -0.25) is 19.3 Å². The van der Waals surface area contributed by atoms with Crippen LogP contribution in [-0.2, 0) is 4.79 Å². The minimum atomic E-state index is -0.562. The number of aryl methyl sites for hydroxylation is 1. The Bertz CT molecular complexity index is 1040. The molecule has 2 aromatic carbocycles. The molecule has 2 aromatic rings. The zero-order valence-corrected chi connectivity index (χ0v) is 20.7. The summed E-state index contributed by atoms with van der Waals surface area (Å²) in [4.78, 5) is 41.6. The van der Waals surface area contributed by atoms with Crippen molar-refractivity contribution in [3.8, 4) is 5.75 Å². The highest BCUT2D eigenvalue weighted by atomic mass is 16.5. The molecule has 0 aromatic heterocycles. The number of hydrogen-bond donors (Lipinski definition) is 1. The Hall–Kier alpha value is -3.19. The van der Waals surface area contributed by atoms with Crippen LogP contribution in [0.5, 0.6) is 5.75 Å². The highest BCUT2D eigenvalue weighted by Gasteiger charge is 2.30. The molecule has 7 nitrogen and oxygen atoms in total. The van der Waals surface area contributed by atoms with Crippen molar-refractivity contribution < 1.29 is 19.1 Å². The average Bonchev–Trinajstić information content (AvgIpc) is 3.72. The Morgan fingerprint density at radius 1 is 1.00 bits per heavy atom. The Morgan fingerprint density at radius 2 is 1.69 bits per heavy atom. The Morgan fingerprint density at radius 3 is 2.34 bits per heavy atom. The molecule has 2 fully saturated rings. The number of amides is 2. The summed E-state index contributed by atoms with van der Waals surface area (Å²) in [5.74, 6) is 1.01. The van der Waals surface area contributed by atoms with E-state index in [4.69, 9.17) is 4.74 Å². The summed E-state index contributed by atoms with van der Waals surface area (Å²) >= 11 is 0. The van der Waals surface area contributed by atoms with Crippen molar-refractivity contribution in [2.45, 2.75) is 39.2 Å². The second-order valence-electron chi connectivity index (χ2n) is 9.54. The van der Waals surface area contributed by atoms with E-state index in [9.17, 15) is 14.4 Å². The summed E-state index contributed by atoms with van der Waals surface area (Å²) < 4.78 is 5.84. The van der Waals surface area contributed by atoms with Crippen molar-refractivity contribution in [3.63, 3.8) is 0 Å². The van der Waals surface area contributed by atoms with Gasteiger partial charge in [-0.05, 0) is 69.0 Å². The number of rotatable bonds is 10. The number of benzene rings is 2. The van der Waals surface area contributed by atoms with Crippen molar-refractivity contribution in [1.82, 2.24) is 15.1 Å². The van der Waals surface area contributed by atoms with Gasteiger partial charge in [0, 0.05) is 49.8 Å². The molecule has 7 heteroatoms. The lowest BCUT2D eigenvalue weighted by Crippen LogP contribution is -2.54. The average molecular weight is 478 g/mol. The van der Waals surface area contributed by atoms with Gasteiger partial charge in [0.1, 0.15) is 11.8 Å². The molecule has 1 saturated heterocycles. The Kier molecular flexibility index (Phi) is 8.18. The van der Waals surface area contributed by atoms with Crippen LogP contribution in [0.15, 0.2) is 48.5 Å². The number of piperazine rings is 1. The number of carbonyl (C=O) groups excluding carboxylic acids is 3. The molecule has 2 aliphatic rings. The molecule has 4 rings (SSSR count). The van der Waals surface area contributed by atoms with Crippen molar-refractivity contribution in [2.24, 2.45) is 5.92 Å². The zero-order chi connectivity index (χ0) is 24.8. The zero-order valence-electron chi connectivity index (χ0n) is 20.7. The van der Waals surface area contributed by atoms with Gasteiger partial charge in [0.05, 0.1) is 6.61 Å². The number of ketones is 1. The third kappa shape index (κ3) is 6.69. The molecule has 1 saturated carbocycles. The minimum absolute atomic E-state index is 0.0430. The maximum Gasteiger partial charge on any atom is 0.252 e. The van der Waals surface area contributed by atoms with Gasteiger partial charge in [-0.25, -0.2) is 0 Å². The predicted octanol–water partition coefficient (Wildman–Crippen LogP) is 3.32. The summed E-state index contributed by atoms with van der Waals surface area (Å²) in [6, 6.07) is 14.3. The van der Waals surface area contributed by atoms with Crippen molar-refractivity contribution in [3.05, 3.63) is 65.2 Å². The van der Waals surface area contributed by atoms with Crippen molar-refractivity contribution >= 4 is 17.6 Å². The van der Waals surface area contributed by atoms with Crippen LogP contribution >= 0.6 is 0 Å². The summed E-state index contributed by atoms with van der Waals surface area (Å²) in [6.07, 6.45) is 2.92. The van der Waals surface area contributed by atoms with Crippen LogP contribution in [0, 0.1) is 12.8 Å². The van der Waals surface area contributed by atoms with Gasteiger partial charge in [-0.2, -0.15) is 0 Å². The standard InChI is InChI=1S/C28H35N3O4/c1-20-6-3-4-7-25(20)27(33)29-21(2)28(34)31-17-15-30(16-18-31)14-5-19-35-24-12-10-23(11-13-24)26(32)22-8-9-22/h3-4,6-7,10-13,21-22H,5,8-9,14-19H2,1-2H3,(H,29,33). The maximum absolute atomic E-state index is 12.8. The molecule has 0 spiro atoms. The fourth-order valence-corrected chi connectivity index (χ4v) is 4.40. The molecule has 0 radical (unpaired) electrons. The van der Waals surface area contributed by atoms with E-state index in [1.54, 1.807) is 13.0 Å². The van der Waals surface area contributed by atoms with Crippen molar-refractivity contribution in [2.75, 3.05) is 39.3 Å². The third-order valence-corrected chi connectivity index (χ3v) is 6.77. The highest BCUT2D eigenvalue weighted by molar-refractivity contribution is 5.99. The summed E-state index contributed by atoms with van der Waals surface area (Å²) in [5, 5.41) is 2.84. The van der Waals surface area contributed by atoms with Crippen LogP contribution < -0.4 is 10.1 Å². The number of ether oxygens (including phenoxy) is 1. The molecule has 1 atom stereocenters. The first-order valence-corrected chi connectivity index (χ1v) is 12.6. The van der Waals surface area contributed by atoms with E-state index in [0.29, 0.717) is 25.3 Å². The van der Waals surface area contributed by atoms with Gasteiger partial charge in [0.2, 0.25) is 5.91 Å². The molecule has 1 heterocycles. The SMILES string of the molecule is Cc1ccccc1C(=O)NC(C)C(=O)N1CCN(CCCOc2ccc(C(=O)C3CC3)cc2)CC1. The molecule has 1 N–H and O–H groups in total. The first kappa shape index (κ1) is 24.9. The monoisotopic (exact) mass is 477 g/mol. The van der Waals surface area contributed by atoms with Gasteiger partial charge in [-0.15, -0.1) is 0 Å². The van der Waals surface area contributed by atoms with Crippen LogP contribution in [0.3, 0.4) is 0 Å². The minimum Gasteiger partial charge on any atom is -0.494 e. The second kappa shape index (κ2) is 11.5. The largest absolute Gasteiger partial charge is 0.494 e. The molecule has 0 bridgehead atoms. The van der Waals surface area contributed by atoms with Crippen LogP contribution in [0.25, 0.3) is 0 Å². The number of nitrogens with one attached hydrogen (secondary N) is 1. The summed E-state index contributed by atoms with van der Waals surface area (Å²) in [6.45, 7) is 8.07. The summed E-state index contributed by atoms with van der Waals surface area (Å²) in [7, 11) is 0. The van der Waals surface area contributed by atoms with E-state index in [1.165, 1.54) is 0 Å². The van der Waals surface area contributed by atoms with Crippen LogP contribution in [-0.4, -0.2) is 72.8 Å². The van der Waals surface area contributed by atoms with E-state index in [0.717, 1.165) is 55.8 Å². The van der Waals surface area contributed by atoms with Crippen LogP contribution in [0.2, 0.25) is 0 Å². The van der Waals surface area contributed by atoms with Gasteiger partial charge in [-0.1, -0.05) is 18.2 Å². The third-order valence-electron chi connectivity index (χ3n) is 6.77. The molecular formula is C28H35N3O4. The van der Waals surface area contributed by atoms with E-state index in [1.807, 2.05) is 54.3 Å². The number of hydrogen-bond acceptors (Lipinski definition) is 5. The molecule has 35 heavy (non-hydrogen) atoms. The molecule has 1 unspecified atom stereocenters. The van der Waals surface area contributed by atoms with E-state index >= 15 is 0 Å². The molecule has 1 aliphatic heterocycles. The highest BCUT2D eigenvalue weighted by Crippen LogP contribution is 2.32. The smallest absolute Gasteiger partial charge is 0.252 e. The lowest BCUT2D eigenvalue weighted by Gasteiger charge is -2.36. The fraction of sp³-hybridized carbons (Fsp3) is 0.464. The maximum atomic E-state index is 12.8. The second-order valence-corrected chi connectivity index (χ2v) is 9.54. The fourth-order valence-electron chi connectivity index (χ4n) is 4.40. The number of Topliss-reactive ketones (excluding diaryl/α,β-unsaturated/α-hetero) is 1. The summed E-state index contributed by atoms with van der Waals surface area (Å²) in [5.41, 5.74) is 2.26. The first-order chi connectivity index (χ1) is 16.9. The van der Waals surface area contributed by atoms with E-state index in [2.05, 4.69) is 10.2 Å². The predicted molar refractivity (Wildman–Crippen MR) is 135 cm³/mol. The first-order valence-electron chi connectivity index (χ1n) is 12.6. The van der Waals surface area contributed by atoms with Crippen LogP contribution in [0.4, 0.5) is 0 Å². The lowest BCUT2D eigenvalue weighted by molar-refractivity contribution is -0.134. The molecular weight excluding hydrogens is 442 g/mol. The van der Waals surface area contributed by atoms with Gasteiger partial charge in [0.15, 0.2) is 5.78 Å². The van der Waals surface area contributed by atoms with Crippen LogP contribution in [0.1, 0.15) is 52.5 Å². The molecule has 186 valence electrons. The van der Waals surface area contributed by atoms with Gasteiger partial charge >= 0.3 is 0 Å². The van der Waals surface area contributed by atoms with Crippen molar-refractivity contribution in [1.29, 1.82) is 0 Å². The molecule has 1 aliphatic carbocycles. The Labute approximate surface area is 207 Å². The quantitative estimate of drug-likeness (QED) is 0.420. The Balaban J connectivity index is 1.13. The normalized spacial score (nSPS) is 17.0. The van der Waals surface area contributed by atoms with E-state index < -0.39 is 6.04 Å².